The summed E-state index contributed by atoms with van der Waals surface area (Å²) in [5.74, 6) is 0. The lowest BCUT2D eigenvalue weighted by atomic mass is 10.0. The number of anilines is 1. The molecule has 0 aliphatic heterocycles. The number of thiazole rings is 1. The van der Waals surface area contributed by atoms with Gasteiger partial charge in [-0.25, -0.2) is 9.78 Å². The van der Waals surface area contributed by atoms with E-state index in [4.69, 9.17) is 4.74 Å². The number of methoxy groups -OCH3 is 1. The van der Waals surface area contributed by atoms with Crippen molar-refractivity contribution >= 4 is 22.6 Å². The lowest BCUT2D eigenvalue weighted by molar-refractivity contribution is 0.123. The molecule has 5 nitrogen and oxygen atoms in total. The first-order valence-corrected chi connectivity index (χ1v) is 8.13. The summed E-state index contributed by atoms with van der Waals surface area (Å²) in [5.41, 5.74) is 3.73. The largest absolute Gasteiger partial charge is 0.514 e. The molecule has 3 rings (SSSR count). The Balaban J connectivity index is 1.94. The van der Waals surface area contributed by atoms with Gasteiger partial charge < -0.3 is 14.8 Å². The van der Waals surface area contributed by atoms with Gasteiger partial charge in [0.15, 0.2) is 5.13 Å². The van der Waals surface area contributed by atoms with E-state index in [-0.39, 0.29) is 0 Å². The quantitative estimate of drug-likeness (QED) is 0.700. The molecule has 0 saturated heterocycles. The molecule has 0 atom stereocenters. The lowest BCUT2D eigenvalue weighted by Gasteiger charge is -2.05. The average molecular weight is 340 g/mol. The van der Waals surface area contributed by atoms with Gasteiger partial charge in [0, 0.05) is 12.6 Å². The predicted molar refractivity (Wildman–Crippen MR) is 95.6 cm³/mol. The van der Waals surface area contributed by atoms with E-state index in [1.54, 1.807) is 7.05 Å². The van der Waals surface area contributed by atoms with Crippen molar-refractivity contribution in [2.75, 3.05) is 19.5 Å². The number of benzene rings is 2. The monoisotopic (exact) mass is 340 g/mol. The summed E-state index contributed by atoms with van der Waals surface area (Å²) in [4.78, 5) is 15.9. The molecule has 1 N–H and O–H groups in total. The molecule has 1 heterocycles. The Bertz CT molecular complexity index is 829. The van der Waals surface area contributed by atoms with E-state index in [2.05, 4.69) is 27.2 Å². The van der Waals surface area contributed by atoms with Crippen molar-refractivity contribution in [3.63, 3.8) is 0 Å². The Kier molecular flexibility index (Phi) is 4.77. The first-order chi connectivity index (χ1) is 11.7. The standard InChI is InChI=1S/C18H16N2O3S/c1-19-17-20-15(16(24-17)23-18(21)22-2)14-10-8-13(9-11-14)12-6-4-3-5-7-12/h3-11H,1-2H3,(H,19,20). The highest BCUT2D eigenvalue weighted by Crippen LogP contribution is 2.38. The molecule has 1 aromatic heterocycles. The minimum atomic E-state index is -0.761. The van der Waals surface area contributed by atoms with Gasteiger partial charge in [0.05, 0.1) is 7.11 Å². The van der Waals surface area contributed by atoms with Crippen LogP contribution in [0.3, 0.4) is 0 Å². The first kappa shape index (κ1) is 16.0. The Morgan fingerprint density at radius 1 is 1.00 bits per heavy atom. The summed E-state index contributed by atoms with van der Waals surface area (Å²) in [6, 6.07) is 18.1. The SMILES string of the molecule is CNc1nc(-c2ccc(-c3ccccc3)cc2)c(OC(=O)OC)s1. The van der Waals surface area contributed by atoms with E-state index < -0.39 is 6.16 Å². The molecule has 24 heavy (non-hydrogen) atoms. The summed E-state index contributed by atoms with van der Waals surface area (Å²) in [7, 11) is 3.04. The second kappa shape index (κ2) is 7.14. The van der Waals surface area contributed by atoms with Crippen molar-refractivity contribution in [3.05, 3.63) is 54.6 Å². The third-order valence-corrected chi connectivity index (χ3v) is 4.37. The van der Waals surface area contributed by atoms with Crippen molar-refractivity contribution in [1.82, 2.24) is 4.98 Å². The van der Waals surface area contributed by atoms with E-state index in [1.165, 1.54) is 18.4 Å². The van der Waals surface area contributed by atoms with E-state index >= 15 is 0 Å². The maximum absolute atomic E-state index is 11.4. The third kappa shape index (κ3) is 3.38. The van der Waals surface area contributed by atoms with Crippen molar-refractivity contribution in [2.45, 2.75) is 0 Å². The fourth-order valence-corrected chi connectivity index (χ4v) is 3.02. The lowest BCUT2D eigenvalue weighted by Crippen LogP contribution is -2.06. The van der Waals surface area contributed by atoms with Crippen LogP contribution in [0.25, 0.3) is 22.4 Å². The Morgan fingerprint density at radius 3 is 2.25 bits per heavy atom. The van der Waals surface area contributed by atoms with Crippen LogP contribution in [0.5, 0.6) is 5.06 Å². The molecule has 2 aromatic carbocycles. The van der Waals surface area contributed by atoms with Gasteiger partial charge in [-0.3, -0.25) is 0 Å². The maximum atomic E-state index is 11.4. The zero-order valence-corrected chi connectivity index (χ0v) is 14.1. The van der Waals surface area contributed by atoms with Crippen LogP contribution >= 0.6 is 11.3 Å². The van der Waals surface area contributed by atoms with Crippen LogP contribution in [0.15, 0.2) is 54.6 Å². The van der Waals surface area contributed by atoms with E-state index in [0.717, 1.165) is 16.7 Å². The van der Waals surface area contributed by atoms with E-state index in [9.17, 15) is 4.79 Å². The molecule has 0 aliphatic carbocycles. The Hall–Kier alpha value is -2.86. The van der Waals surface area contributed by atoms with Crippen LogP contribution in [-0.4, -0.2) is 25.3 Å². The molecule has 0 bridgehead atoms. The molecule has 6 heteroatoms. The van der Waals surface area contributed by atoms with Gasteiger partial charge in [0.1, 0.15) is 5.69 Å². The van der Waals surface area contributed by atoms with Crippen molar-refractivity contribution in [1.29, 1.82) is 0 Å². The number of carbonyl (C=O) groups is 1. The van der Waals surface area contributed by atoms with Gasteiger partial charge in [-0.2, -0.15) is 0 Å². The second-order valence-corrected chi connectivity index (χ2v) is 5.87. The zero-order chi connectivity index (χ0) is 16.9. The number of nitrogens with zero attached hydrogens (tertiary/aromatic N) is 1. The van der Waals surface area contributed by atoms with E-state index in [0.29, 0.717) is 15.9 Å². The molecule has 3 aromatic rings. The van der Waals surface area contributed by atoms with Crippen LogP contribution in [0, 0.1) is 0 Å². The number of aromatic nitrogens is 1. The van der Waals surface area contributed by atoms with Crippen LogP contribution in [0.1, 0.15) is 0 Å². The highest BCUT2D eigenvalue weighted by Gasteiger charge is 2.17. The number of hydrogen-bond acceptors (Lipinski definition) is 6. The zero-order valence-electron chi connectivity index (χ0n) is 13.3. The maximum Gasteiger partial charge on any atom is 0.514 e. The van der Waals surface area contributed by atoms with Crippen LogP contribution in [0.2, 0.25) is 0 Å². The predicted octanol–water partition coefficient (Wildman–Crippen LogP) is 4.66. The second-order valence-electron chi connectivity index (χ2n) is 4.90. The molecule has 0 aliphatic rings. The van der Waals surface area contributed by atoms with Crippen LogP contribution in [-0.2, 0) is 4.74 Å². The molecule has 0 fully saturated rings. The van der Waals surface area contributed by atoms with Crippen molar-refractivity contribution in [3.8, 4) is 27.4 Å². The molecule has 0 saturated carbocycles. The highest BCUT2D eigenvalue weighted by molar-refractivity contribution is 7.17. The fourth-order valence-electron chi connectivity index (χ4n) is 2.23. The Morgan fingerprint density at radius 2 is 1.62 bits per heavy atom. The van der Waals surface area contributed by atoms with Crippen LogP contribution < -0.4 is 10.1 Å². The average Bonchev–Trinajstić information content (AvgIpc) is 3.05. The summed E-state index contributed by atoms with van der Waals surface area (Å²) in [5, 5.41) is 4.03. The number of ether oxygens (including phenoxy) is 2. The van der Waals surface area contributed by atoms with Crippen LogP contribution in [0.4, 0.5) is 9.93 Å². The van der Waals surface area contributed by atoms with Gasteiger partial charge in [-0.05, 0) is 11.1 Å². The number of nitrogens with one attached hydrogen (secondary N) is 1. The number of hydrogen-bond donors (Lipinski definition) is 1. The minimum absolute atomic E-state index is 0.402. The van der Waals surface area contributed by atoms with Gasteiger partial charge in [0.2, 0.25) is 5.06 Å². The summed E-state index contributed by atoms with van der Waals surface area (Å²) in [6.07, 6.45) is -0.761. The summed E-state index contributed by atoms with van der Waals surface area (Å²) < 4.78 is 9.76. The molecule has 0 radical (unpaired) electrons. The van der Waals surface area contributed by atoms with Crippen molar-refractivity contribution < 1.29 is 14.3 Å². The topological polar surface area (TPSA) is 60.5 Å². The smallest absolute Gasteiger partial charge is 0.437 e. The van der Waals surface area contributed by atoms with Gasteiger partial charge in [-0.15, -0.1) is 0 Å². The first-order valence-electron chi connectivity index (χ1n) is 7.31. The normalized spacial score (nSPS) is 10.2. The minimum Gasteiger partial charge on any atom is -0.437 e. The summed E-state index contributed by atoms with van der Waals surface area (Å²) in [6.45, 7) is 0. The highest BCUT2D eigenvalue weighted by atomic mass is 32.1. The Labute approximate surface area is 143 Å². The summed E-state index contributed by atoms with van der Waals surface area (Å²) >= 11 is 1.25. The molecule has 0 amide bonds. The van der Waals surface area contributed by atoms with E-state index in [1.807, 2.05) is 42.5 Å². The molecule has 0 spiro atoms. The molecule has 0 unspecified atom stereocenters. The third-order valence-electron chi connectivity index (χ3n) is 3.42. The molecule has 122 valence electrons. The van der Waals surface area contributed by atoms with Gasteiger partial charge in [0.25, 0.3) is 0 Å². The molecular weight excluding hydrogens is 324 g/mol. The molecular formula is C18H16N2O3S. The van der Waals surface area contributed by atoms with Gasteiger partial charge >= 0.3 is 6.16 Å². The van der Waals surface area contributed by atoms with Crippen molar-refractivity contribution in [2.24, 2.45) is 0 Å². The van der Waals surface area contributed by atoms with Gasteiger partial charge in [-0.1, -0.05) is 65.9 Å². The number of rotatable bonds is 4. The number of carbonyl (C=O) groups excluding carboxylic acids is 1. The fraction of sp³-hybridized carbons (Fsp3) is 0.111.